The maximum atomic E-state index is 12.9. The molecule has 0 radical (unpaired) electrons. The number of anilines is 2. The molecule has 0 bridgehead atoms. The van der Waals surface area contributed by atoms with Gasteiger partial charge in [0.2, 0.25) is 5.91 Å². The Morgan fingerprint density at radius 3 is 2.52 bits per heavy atom. The molecule has 3 rings (SSSR count). The standard InChI is InChI=1S/C25H33N3O4S/c1-4-13-27(23(29)15-18(5-2)6-3)19-9-11-20(12-10-19)28-17-21(32-25(28)31)16-26-24(30)22-8-7-14-33-22/h7-12,14,18,21H,4-6,13,15-17H2,1-3H3,(H,26,30). The van der Waals surface area contributed by atoms with Gasteiger partial charge in [-0.25, -0.2) is 4.79 Å². The van der Waals surface area contributed by atoms with Gasteiger partial charge < -0.3 is 15.0 Å². The molecule has 8 heteroatoms. The average molecular weight is 472 g/mol. The highest BCUT2D eigenvalue weighted by Gasteiger charge is 2.32. The van der Waals surface area contributed by atoms with Crippen molar-refractivity contribution in [1.82, 2.24) is 5.32 Å². The van der Waals surface area contributed by atoms with Crippen LogP contribution in [-0.4, -0.2) is 43.6 Å². The molecule has 0 saturated carbocycles. The third-order valence-corrected chi connectivity index (χ3v) is 6.82. The van der Waals surface area contributed by atoms with Gasteiger partial charge in [-0.15, -0.1) is 11.3 Å². The van der Waals surface area contributed by atoms with E-state index in [1.807, 2.05) is 40.6 Å². The molecule has 2 aromatic rings. The van der Waals surface area contributed by atoms with Gasteiger partial charge in [0, 0.05) is 24.3 Å². The van der Waals surface area contributed by atoms with Gasteiger partial charge in [-0.3, -0.25) is 14.5 Å². The molecule has 3 amide bonds. The summed E-state index contributed by atoms with van der Waals surface area (Å²) in [5.41, 5.74) is 1.55. The molecule has 1 saturated heterocycles. The third-order valence-electron chi connectivity index (χ3n) is 5.95. The minimum Gasteiger partial charge on any atom is -0.442 e. The van der Waals surface area contributed by atoms with Crippen LogP contribution in [0, 0.1) is 5.92 Å². The Kier molecular flexibility index (Phi) is 8.88. The summed E-state index contributed by atoms with van der Waals surface area (Å²) in [6, 6.07) is 11.0. The Bertz CT molecular complexity index is 926. The molecule has 33 heavy (non-hydrogen) atoms. The lowest BCUT2D eigenvalue weighted by molar-refractivity contribution is -0.119. The first-order valence-electron chi connectivity index (χ1n) is 11.7. The number of rotatable bonds is 11. The summed E-state index contributed by atoms with van der Waals surface area (Å²) >= 11 is 1.37. The predicted octanol–water partition coefficient (Wildman–Crippen LogP) is 5.07. The number of nitrogens with zero attached hydrogens (tertiary/aromatic N) is 2. The van der Waals surface area contributed by atoms with E-state index in [9.17, 15) is 14.4 Å². The monoisotopic (exact) mass is 471 g/mol. The van der Waals surface area contributed by atoms with Crippen LogP contribution in [0.4, 0.5) is 16.2 Å². The van der Waals surface area contributed by atoms with E-state index in [1.54, 1.807) is 11.0 Å². The Labute approximate surface area is 199 Å². The van der Waals surface area contributed by atoms with Crippen molar-refractivity contribution in [2.24, 2.45) is 5.92 Å². The molecule has 1 N–H and O–H groups in total. The van der Waals surface area contributed by atoms with Gasteiger partial charge in [0.15, 0.2) is 0 Å². The van der Waals surface area contributed by atoms with E-state index in [1.165, 1.54) is 11.3 Å². The number of nitrogens with one attached hydrogen (secondary N) is 1. The molecule has 7 nitrogen and oxygen atoms in total. The van der Waals surface area contributed by atoms with Gasteiger partial charge in [0.1, 0.15) is 6.10 Å². The Balaban J connectivity index is 1.61. The van der Waals surface area contributed by atoms with Crippen LogP contribution in [0.15, 0.2) is 41.8 Å². The highest BCUT2D eigenvalue weighted by molar-refractivity contribution is 7.12. The van der Waals surface area contributed by atoms with Crippen molar-refractivity contribution in [2.45, 2.75) is 52.6 Å². The molecular formula is C25H33N3O4S. The topological polar surface area (TPSA) is 79.0 Å². The summed E-state index contributed by atoms with van der Waals surface area (Å²) in [4.78, 5) is 41.5. The van der Waals surface area contributed by atoms with Crippen molar-refractivity contribution < 1.29 is 19.1 Å². The summed E-state index contributed by atoms with van der Waals surface area (Å²) in [5.74, 6) is 0.367. The van der Waals surface area contributed by atoms with Crippen LogP contribution < -0.4 is 15.1 Å². The number of benzene rings is 1. The van der Waals surface area contributed by atoms with E-state index in [2.05, 4.69) is 26.1 Å². The van der Waals surface area contributed by atoms with Gasteiger partial charge in [-0.05, 0) is 48.1 Å². The molecule has 2 heterocycles. The molecule has 0 aliphatic carbocycles. The maximum absolute atomic E-state index is 12.9. The Morgan fingerprint density at radius 1 is 1.18 bits per heavy atom. The smallest absolute Gasteiger partial charge is 0.414 e. The van der Waals surface area contributed by atoms with Crippen molar-refractivity contribution in [3.05, 3.63) is 46.7 Å². The fourth-order valence-electron chi connectivity index (χ4n) is 3.91. The lowest BCUT2D eigenvalue weighted by atomic mass is 9.98. The van der Waals surface area contributed by atoms with Crippen LogP contribution in [0.5, 0.6) is 0 Å². The van der Waals surface area contributed by atoms with E-state index in [-0.39, 0.29) is 18.4 Å². The van der Waals surface area contributed by atoms with Crippen molar-refractivity contribution in [3.8, 4) is 0 Å². The molecule has 1 aliphatic heterocycles. The van der Waals surface area contributed by atoms with E-state index >= 15 is 0 Å². The number of hydrogen-bond donors (Lipinski definition) is 1. The van der Waals surface area contributed by atoms with Crippen molar-refractivity contribution in [2.75, 3.05) is 29.4 Å². The highest BCUT2D eigenvalue weighted by Crippen LogP contribution is 2.26. The molecule has 0 spiro atoms. The first kappa shape index (κ1) is 24.8. The fraction of sp³-hybridized carbons (Fsp3) is 0.480. The van der Waals surface area contributed by atoms with Crippen LogP contribution >= 0.6 is 11.3 Å². The molecule has 1 aromatic heterocycles. The number of ether oxygens (including phenoxy) is 1. The number of amides is 3. The van der Waals surface area contributed by atoms with Crippen molar-refractivity contribution in [3.63, 3.8) is 0 Å². The van der Waals surface area contributed by atoms with Crippen molar-refractivity contribution >= 4 is 40.6 Å². The van der Waals surface area contributed by atoms with Gasteiger partial charge >= 0.3 is 6.09 Å². The van der Waals surface area contributed by atoms with E-state index in [4.69, 9.17) is 4.74 Å². The lowest BCUT2D eigenvalue weighted by Gasteiger charge is -2.25. The minimum absolute atomic E-state index is 0.139. The second kappa shape index (κ2) is 11.8. The molecule has 1 atom stereocenters. The number of hydrogen-bond acceptors (Lipinski definition) is 5. The number of carbonyl (C=O) groups excluding carboxylic acids is 3. The third kappa shape index (κ3) is 6.35. The summed E-state index contributed by atoms with van der Waals surface area (Å²) in [5, 5.41) is 4.66. The second-order valence-corrected chi connectivity index (χ2v) is 9.20. The maximum Gasteiger partial charge on any atom is 0.414 e. The summed E-state index contributed by atoms with van der Waals surface area (Å²) in [7, 11) is 0. The molecule has 1 aromatic carbocycles. The van der Waals surface area contributed by atoms with Crippen molar-refractivity contribution in [1.29, 1.82) is 0 Å². The van der Waals surface area contributed by atoms with E-state index < -0.39 is 12.2 Å². The number of thiophene rings is 1. The van der Waals surface area contributed by atoms with Crippen LogP contribution in [0.25, 0.3) is 0 Å². The number of carbonyl (C=O) groups is 3. The van der Waals surface area contributed by atoms with Gasteiger partial charge in [-0.2, -0.15) is 0 Å². The van der Waals surface area contributed by atoms with Gasteiger partial charge in [0.05, 0.1) is 18.0 Å². The van der Waals surface area contributed by atoms with Crippen LogP contribution in [-0.2, 0) is 9.53 Å². The zero-order chi connectivity index (χ0) is 23.8. The van der Waals surface area contributed by atoms with E-state index in [0.29, 0.717) is 36.0 Å². The average Bonchev–Trinajstić information content (AvgIpc) is 3.49. The van der Waals surface area contributed by atoms with Crippen LogP contribution in [0.2, 0.25) is 0 Å². The minimum atomic E-state index is -0.437. The van der Waals surface area contributed by atoms with E-state index in [0.717, 1.165) is 24.9 Å². The lowest BCUT2D eigenvalue weighted by Crippen LogP contribution is -2.34. The predicted molar refractivity (Wildman–Crippen MR) is 132 cm³/mol. The van der Waals surface area contributed by atoms with Gasteiger partial charge in [-0.1, -0.05) is 39.7 Å². The normalized spacial score (nSPS) is 15.6. The molecule has 1 aliphatic rings. The summed E-state index contributed by atoms with van der Waals surface area (Å²) in [6.07, 6.45) is 2.55. The van der Waals surface area contributed by atoms with Gasteiger partial charge in [0.25, 0.3) is 5.91 Å². The zero-order valence-electron chi connectivity index (χ0n) is 19.6. The molecule has 178 valence electrons. The molecular weight excluding hydrogens is 438 g/mol. The Morgan fingerprint density at radius 2 is 1.91 bits per heavy atom. The molecule has 1 fully saturated rings. The first-order valence-corrected chi connectivity index (χ1v) is 12.5. The summed E-state index contributed by atoms with van der Waals surface area (Å²) in [6.45, 7) is 7.58. The SMILES string of the molecule is CCCN(C(=O)CC(CC)CC)c1ccc(N2CC(CNC(=O)c3cccs3)OC2=O)cc1. The zero-order valence-corrected chi connectivity index (χ0v) is 20.4. The van der Waals surface area contributed by atoms with Crippen LogP contribution in [0.3, 0.4) is 0 Å². The van der Waals surface area contributed by atoms with Crippen LogP contribution in [0.1, 0.15) is 56.1 Å². The summed E-state index contributed by atoms with van der Waals surface area (Å²) < 4.78 is 5.43. The largest absolute Gasteiger partial charge is 0.442 e. The first-order chi connectivity index (χ1) is 16.0. The number of cyclic esters (lactones) is 1. The highest BCUT2D eigenvalue weighted by atomic mass is 32.1. The molecule has 1 unspecified atom stereocenters. The quantitative estimate of drug-likeness (QED) is 0.496. The fourth-order valence-corrected chi connectivity index (χ4v) is 4.55. The second-order valence-electron chi connectivity index (χ2n) is 8.25. The Hall–Kier alpha value is -2.87.